The zero-order valence-corrected chi connectivity index (χ0v) is 18.7. The Bertz CT molecular complexity index is 1350. The number of carbonyl (C=O) groups excluding carboxylic acids is 1. The molecule has 0 spiro atoms. The van der Waals surface area contributed by atoms with Crippen LogP contribution in [-0.4, -0.2) is 20.9 Å². The smallest absolute Gasteiger partial charge is 0.269 e. The lowest BCUT2D eigenvalue weighted by atomic mass is 10.0. The second-order valence-corrected chi connectivity index (χ2v) is 8.10. The first kappa shape index (κ1) is 22.1. The fourth-order valence-electron chi connectivity index (χ4n) is 3.20. The molecule has 0 saturated heterocycles. The number of benzene rings is 3. The van der Waals surface area contributed by atoms with Gasteiger partial charge >= 0.3 is 0 Å². The molecule has 1 aromatic heterocycles. The van der Waals surface area contributed by atoms with Crippen molar-refractivity contribution in [2.45, 2.75) is 19.8 Å². The minimum atomic E-state index is -0.526. The fraction of sp³-hybridized carbons (Fsp3) is 0.125. The molecule has 0 saturated carbocycles. The quantitative estimate of drug-likeness (QED) is 0.225. The molecule has 4 rings (SSSR count). The number of hydrogen-bond donors (Lipinski definition) is 2. The fourth-order valence-corrected chi connectivity index (χ4v) is 3.41. The van der Waals surface area contributed by atoms with Crippen molar-refractivity contribution in [3.05, 3.63) is 88.0 Å². The Morgan fingerprint density at radius 3 is 2.39 bits per heavy atom. The van der Waals surface area contributed by atoms with Gasteiger partial charge in [-0.25, -0.2) is 4.98 Å². The van der Waals surface area contributed by atoms with E-state index in [1.165, 1.54) is 29.8 Å². The molecule has 0 aliphatic rings. The number of non-ortho nitro benzene ring substituents is 1. The maximum Gasteiger partial charge on any atom is 0.269 e. The summed E-state index contributed by atoms with van der Waals surface area (Å²) in [5, 5.41) is 16.3. The van der Waals surface area contributed by atoms with Crippen molar-refractivity contribution in [1.29, 1.82) is 0 Å². The number of amides is 1. The Labute approximate surface area is 194 Å². The minimum Gasteiger partial charge on any atom is -0.436 e. The van der Waals surface area contributed by atoms with E-state index in [2.05, 4.69) is 29.5 Å². The van der Waals surface area contributed by atoms with E-state index in [9.17, 15) is 14.9 Å². The van der Waals surface area contributed by atoms with Gasteiger partial charge in [0.25, 0.3) is 11.6 Å². The summed E-state index contributed by atoms with van der Waals surface area (Å²) >= 11 is 5.20. The number of nitrogens with zero attached hydrogens (tertiary/aromatic N) is 2. The van der Waals surface area contributed by atoms with E-state index in [4.69, 9.17) is 16.6 Å². The number of rotatable bonds is 5. The van der Waals surface area contributed by atoms with Crippen LogP contribution in [0.25, 0.3) is 22.6 Å². The average Bonchev–Trinajstić information content (AvgIpc) is 3.23. The van der Waals surface area contributed by atoms with E-state index in [0.717, 1.165) is 16.7 Å². The Morgan fingerprint density at radius 2 is 1.76 bits per heavy atom. The van der Waals surface area contributed by atoms with Crippen LogP contribution in [0.4, 0.5) is 11.4 Å². The molecule has 9 heteroatoms. The highest BCUT2D eigenvalue weighted by Crippen LogP contribution is 2.27. The lowest BCUT2D eigenvalue weighted by molar-refractivity contribution is -0.384. The van der Waals surface area contributed by atoms with Crippen molar-refractivity contribution in [3.63, 3.8) is 0 Å². The van der Waals surface area contributed by atoms with Gasteiger partial charge < -0.3 is 9.73 Å². The molecule has 0 atom stereocenters. The van der Waals surface area contributed by atoms with Crippen molar-refractivity contribution in [2.75, 3.05) is 5.32 Å². The number of aromatic nitrogens is 1. The lowest BCUT2D eigenvalue weighted by Crippen LogP contribution is -2.34. The number of fused-ring (bicyclic) bond motifs is 1. The van der Waals surface area contributed by atoms with E-state index in [1.807, 2.05) is 30.3 Å². The van der Waals surface area contributed by atoms with Crippen molar-refractivity contribution < 1.29 is 14.1 Å². The average molecular weight is 461 g/mol. The third-order valence-electron chi connectivity index (χ3n) is 5.04. The molecule has 1 heterocycles. The predicted molar refractivity (Wildman–Crippen MR) is 130 cm³/mol. The van der Waals surface area contributed by atoms with Gasteiger partial charge in [-0.1, -0.05) is 19.9 Å². The summed E-state index contributed by atoms with van der Waals surface area (Å²) in [6.07, 6.45) is 0. The summed E-state index contributed by atoms with van der Waals surface area (Å²) in [7, 11) is 0. The van der Waals surface area contributed by atoms with E-state index in [0.29, 0.717) is 17.5 Å². The first-order chi connectivity index (χ1) is 15.8. The molecule has 0 unspecified atom stereocenters. The highest BCUT2D eigenvalue weighted by Gasteiger charge is 2.12. The Morgan fingerprint density at radius 1 is 1.06 bits per heavy atom. The van der Waals surface area contributed by atoms with Crippen LogP contribution in [0.3, 0.4) is 0 Å². The van der Waals surface area contributed by atoms with E-state index < -0.39 is 10.8 Å². The van der Waals surface area contributed by atoms with Crippen LogP contribution in [0.2, 0.25) is 0 Å². The van der Waals surface area contributed by atoms with Gasteiger partial charge in [-0.05, 0) is 72.2 Å². The van der Waals surface area contributed by atoms with Crippen LogP contribution in [0.15, 0.2) is 71.1 Å². The molecule has 1 amide bonds. The topological polar surface area (TPSA) is 110 Å². The zero-order valence-electron chi connectivity index (χ0n) is 17.9. The predicted octanol–water partition coefficient (Wildman–Crippen LogP) is 5.65. The first-order valence-corrected chi connectivity index (χ1v) is 10.6. The van der Waals surface area contributed by atoms with Crippen LogP contribution in [0.1, 0.15) is 35.7 Å². The van der Waals surface area contributed by atoms with Gasteiger partial charge in [-0.3, -0.25) is 20.2 Å². The van der Waals surface area contributed by atoms with Gasteiger partial charge in [0.1, 0.15) is 5.52 Å². The molecule has 33 heavy (non-hydrogen) atoms. The number of oxazole rings is 1. The third kappa shape index (κ3) is 5.04. The normalized spacial score (nSPS) is 10.9. The molecule has 0 radical (unpaired) electrons. The molecule has 0 bridgehead atoms. The van der Waals surface area contributed by atoms with Crippen LogP contribution < -0.4 is 10.6 Å². The maximum absolute atomic E-state index is 12.3. The van der Waals surface area contributed by atoms with E-state index in [1.54, 1.807) is 12.1 Å². The number of carbonyl (C=O) groups is 1. The SMILES string of the molecule is CC(C)c1ccc2oc(-c3ccc(NC(=S)NC(=O)c4ccc([N+](=O)[O-])cc4)cc3)nc2c1. The number of hydrogen-bond acceptors (Lipinski definition) is 6. The molecule has 4 aromatic rings. The molecule has 0 fully saturated rings. The van der Waals surface area contributed by atoms with Gasteiger partial charge in [-0.2, -0.15) is 0 Å². The highest BCUT2D eigenvalue weighted by atomic mass is 32.1. The third-order valence-corrected chi connectivity index (χ3v) is 5.24. The Kier molecular flexibility index (Phi) is 6.14. The van der Waals surface area contributed by atoms with Crippen LogP contribution in [-0.2, 0) is 0 Å². The van der Waals surface area contributed by atoms with E-state index >= 15 is 0 Å². The first-order valence-electron chi connectivity index (χ1n) is 10.2. The monoisotopic (exact) mass is 460 g/mol. The van der Waals surface area contributed by atoms with E-state index in [-0.39, 0.29) is 16.4 Å². The molecule has 0 aliphatic carbocycles. The van der Waals surface area contributed by atoms with Crippen LogP contribution >= 0.6 is 12.2 Å². The second-order valence-electron chi connectivity index (χ2n) is 7.69. The lowest BCUT2D eigenvalue weighted by Gasteiger charge is -2.10. The largest absolute Gasteiger partial charge is 0.436 e. The number of thiocarbonyl (C=S) groups is 1. The van der Waals surface area contributed by atoms with Gasteiger partial charge in [-0.15, -0.1) is 0 Å². The molecule has 166 valence electrons. The summed E-state index contributed by atoms with van der Waals surface area (Å²) in [6, 6.07) is 18.6. The molecule has 0 aliphatic heterocycles. The van der Waals surface area contributed by atoms with Gasteiger partial charge in [0.2, 0.25) is 5.89 Å². The molecule has 3 aromatic carbocycles. The maximum atomic E-state index is 12.3. The van der Waals surface area contributed by atoms with Gasteiger partial charge in [0.15, 0.2) is 10.7 Å². The van der Waals surface area contributed by atoms with Gasteiger partial charge in [0.05, 0.1) is 4.92 Å². The summed E-state index contributed by atoms with van der Waals surface area (Å²) in [6.45, 7) is 4.26. The Hall–Kier alpha value is -4.11. The van der Waals surface area contributed by atoms with Crippen molar-refractivity contribution in [1.82, 2.24) is 10.3 Å². The number of nitrogens with one attached hydrogen (secondary N) is 2. The summed E-state index contributed by atoms with van der Waals surface area (Å²) in [5.74, 6) is 0.461. The second kappa shape index (κ2) is 9.17. The number of anilines is 1. The van der Waals surface area contributed by atoms with Crippen molar-refractivity contribution >= 4 is 45.7 Å². The van der Waals surface area contributed by atoms with Crippen LogP contribution in [0.5, 0.6) is 0 Å². The zero-order chi connectivity index (χ0) is 23.5. The Balaban J connectivity index is 1.41. The summed E-state index contributed by atoms with van der Waals surface area (Å²) in [4.78, 5) is 27.1. The molecule has 2 N–H and O–H groups in total. The van der Waals surface area contributed by atoms with Crippen molar-refractivity contribution in [3.8, 4) is 11.5 Å². The standard InChI is InChI=1S/C24H20N4O4S/c1-14(2)17-7-12-21-20(13-17)26-23(32-21)16-3-8-18(9-4-16)25-24(33)27-22(29)15-5-10-19(11-6-15)28(30)31/h3-14H,1-2H3,(H2,25,27,29,33). The van der Waals surface area contributed by atoms with Crippen molar-refractivity contribution in [2.24, 2.45) is 0 Å². The van der Waals surface area contributed by atoms with Gasteiger partial charge in [0, 0.05) is 28.9 Å². The molecule has 8 nitrogen and oxygen atoms in total. The highest BCUT2D eigenvalue weighted by molar-refractivity contribution is 7.80. The molecular formula is C24H20N4O4S. The number of nitro groups is 1. The number of nitro benzene ring substituents is 1. The minimum absolute atomic E-state index is 0.0911. The summed E-state index contributed by atoms with van der Waals surface area (Å²) in [5.41, 5.74) is 4.39. The van der Waals surface area contributed by atoms with Crippen LogP contribution in [0, 0.1) is 10.1 Å². The summed E-state index contributed by atoms with van der Waals surface area (Å²) < 4.78 is 5.88. The molecular weight excluding hydrogens is 440 g/mol.